The predicted molar refractivity (Wildman–Crippen MR) is 58.3 cm³/mol. The fourth-order valence-corrected chi connectivity index (χ4v) is 2.16. The van der Waals surface area contributed by atoms with Gasteiger partial charge in [-0.15, -0.1) is 0 Å². The van der Waals surface area contributed by atoms with Crippen molar-refractivity contribution < 1.29 is 10.2 Å². The average molecular weight is 207 g/mol. The Balaban J connectivity index is 1.98. The van der Waals surface area contributed by atoms with Crippen molar-refractivity contribution in [3.8, 4) is 0 Å². The highest BCUT2D eigenvalue weighted by atomic mass is 16.3. The summed E-state index contributed by atoms with van der Waals surface area (Å²) < 4.78 is 0. The quantitative estimate of drug-likeness (QED) is 0.760. The smallest absolute Gasteiger partial charge is 0.0587 e. The van der Waals surface area contributed by atoms with Crippen LogP contribution in [0.4, 0.5) is 0 Å². The standard InChI is InChI=1S/C12H17NO2/c14-8-11-6-12(9-15)13(11)7-10-4-2-1-3-5-10/h1-5,11-12,14-15H,6-9H2. The summed E-state index contributed by atoms with van der Waals surface area (Å²) in [6.07, 6.45) is 0.903. The Labute approximate surface area is 90.0 Å². The van der Waals surface area contributed by atoms with Crippen LogP contribution in [-0.4, -0.2) is 40.4 Å². The van der Waals surface area contributed by atoms with Crippen LogP contribution in [-0.2, 0) is 6.54 Å². The molecule has 0 amide bonds. The lowest BCUT2D eigenvalue weighted by Gasteiger charge is -2.47. The fraction of sp³-hybridized carbons (Fsp3) is 0.500. The van der Waals surface area contributed by atoms with Crippen LogP contribution in [0, 0.1) is 0 Å². The molecule has 1 aromatic carbocycles. The summed E-state index contributed by atoms with van der Waals surface area (Å²) in [5, 5.41) is 18.2. The number of nitrogens with zero attached hydrogens (tertiary/aromatic N) is 1. The van der Waals surface area contributed by atoms with Gasteiger partial charge >= 0.3 is 0 Å². The van der Waals surface area contributed by atoms with Crippen molar-refractivity contribution in [2.24, 2.45) is 0 Å². The van der Waals surface area contributed by atoms with E-state index in [4.69, 9.17) is 10.2 Å². The van der Waals surface area contributed by atoms with E-state index in [1.165, 1.54) is 5.56 Å². The maximum absolute atomic E-state index is 9.12. The molecule has 15 heavy (non-hydrogen) atoms. The minimum Gasteiger partial charge on any atom is -0.395 e. The minimum atomic E-state index is 0.184. The van der Waals surface area contributed by atoms with Crippen molar-refractivity contribution in [1.29, 1.82) is 0 Å². The lowest BCUT2D eigenvalue weighted by molar-refractivity contribution is -0.0475. The van der Waals surface area contributed by atoms with E-state index in [1.807, 2.05) is 18.2 Å². The molecule has 0 saturated carbocycles. The van der Waals surface area contributed by atoms with Crippen LogP contribution < -0.4 is 0 Å². The second kappa shape index (κ2) is 4.75. The maximum atomic E-state index is 9.12. The molecule has 82 valence electrons. The van der Waals surface area contributed by atoms with E-state index in [-0.39, 0.29) is 25.3 Å². The van der Waals surface area contributed by atoms with E-state index in [0.29, 0.717) is 0 Å². The van der Waals surface area contributed by atoms with Crippen molar-refractivity contribution in [2.75, 3.05) is 13.2 Å². The summed E-state index contributed by atoms with van der Waals surface area (Å²) in [5.74, 6) is 0. The molecule has 2 rings (SSSR count). The van der Waals surface area contributed by atoms with Gasteiger partial charge in [0.1, 0.15) is 0 Å². The van der Waals surface area contributed by atoms with Crippen molar-refractivity contribution in [3.05, 3.63) is 35.9 Å². The Morgan fingerprint density at radius 1 is 1.07 bits per heavy atom. The molecule has 1 saturated heterocycles. The highest BCUT2D eigenvalue weighted by molar-refractivity contribution is 5.15. The molecule has 2 unspecified atom stereocenters. The van der Waals surface area contributed by atoms with E-state index < -0.39 is 0 Å². The Bertz CT molecular complexity index is 292. The van der Waals surface area contributed by atoms with Gasteiger partial charge in [-0.2, -0.15) is 0 Å². The molecule has 0 radical (unpaired) electrons. The third-order valence-electron chi connectivity index (χ3n) is 3.11. The third-order valence-corrected chi connectivity index (χ3v) is 3.11. The highest BCUT2D eigenvalue weighted by Gasteiger charge is 2.36. The van der Waals surface area contributed by atoms with E-state index in [9.17, 15) is 0 Å². The molecule has 1 fully saturated rings. The first-order valence-electron chi connectivity index (χ1n) is 5.36. The largest absolute Gasteiger partial charge is 0.395 e. The predicted octanol–water partition coefficient (Wildman–Crippen LogP) is 0.614. The van der Waals surface area contributed by atoms with E-state index >= 15 is 0 Å². The first kappa shape index (κ1) is 10.6. The Kier molecular flexibility index (Phi) is 3.36. The number of hydrogen-bond acceptors (Lipinski definition) is 3. The van der Waals surface area contributed by atoms with Gasteiger partial charge in [-0.3, -0.25) is 4.90 Å². The summed E-state index contributed by atoms with van der Waals surface area (Å²) in [4.78, 5) is 2.16. The van der Waals surface area contributed by atoms with Gasteiger partial charge in [0.05, 0.1) is 13.2 Å². The molecule has 1 aliphatic rings. The molecule has 2 atom stereocenters. The second-order valence-electron chi connectivity index (χ2n) is 4.07. The number of rotatable bonds is 4. The highest BCUT2D eigenvalue weighted by Crippen LogP contribution is 2.27. The maximum Gasteiger partial charge on any atom is 0.0587 e. The van der Waals surface area contributed by atoms with Gasteiger partial charge in [0.25, 0.3) is 0 Å². The summed E-state index contributed by atoms with van der Waals surface area (Å²) in [6.45, 7) is 1.18. The molecule has 3 nitrogen and oxygen atoms in total. The minimum absolute atomic E-state index is 0.184. The van der Waals surface area contributed by atoms with Crippen LogP contribution in [0.2, 0.25) is 0 Å². The van der Waals surface area contributed by atoms with Crippen LogP contribution >= 0.6 is 0 Å². The molecule has 1 aliphatic heterocycles. The Hall–Kier alpha value is -0.900. The van der Waals surface area contributed by atoms with E-state index in [2.05, 4.69) is 17.0 Å². The normalized spacial score (nSPS) is 26.3. The van der Waals surface area contributed by atoms with Crippen molar-refractivity contribution in [3.63, 3.8) is 0 Å². The summed E-state index contributed by atoms with van der Waals surface area (Å²) in [5.41, 5.74) is 1.23. The SMILES string of the molecule is OCC1CC(CO)N1Cc1ccccc1. The number of hydrogen-bond donors (Lipinski definition) is 2. The monoisotopic (exact) mass is 207 g/mol. The topological polar surface area (TPSA) is 43.7 Å². The zero-order valence-corrected chi connectivity index (χ0v) is 8.71. The van der Waals surface area contributed by atoms with Crippen LogP contribution in [0.15, 0.2) is 30.3 Å². The van der Waals surface area contributed by atoms with Gasteiger partial charge in [0, 0.05) is 18.6 Å². The molecular formula is C12H17NO2. The van der Waals surface area contributed by atoms with E-state index in [0.717, 1.165) is 13.0 Å². The van der Waals surface area contributed by atoms with Gasteiger partial charge in [-0.25, -0.2) is 0 Å². The van der Waals surface area contributed by atoms with Crippen molar-refractivity contribution >= 4 is 0 Å². The molecule has 0 spiro atoms. The van der Waals surface area contributed by atoms with Gasteiger partial charge in [0.15, 0.2) is 0 Å². The zero-order valence-electron chi connectivity index (χ0n) is 8.71. The lowest BCUT2D eigenvalue weighted by Crippen LogP contribution is -2.58. The zero-order chi connectivity index (χ0) is 10.7. The van der Waals surface area contributed by atoms with Crippen LogP contribution in [0.1, 0.15) is 12.0 Å². The summed E-state index contributed by atoms with van der Waals surface area (Å²) >= 11 is 0. The van der Waals surface area contributed by atoms with Gasteiger partial charge < -0.3 is 10.2 Å². The van der Waals surface area contributed by atoms with Crippen LogP contribution in [0.25, 0.3) is 0 Å². The Morgan fingerprint density at radius 2 is 1.67 bits per heavy atom. The average Bonchev–Trinajstić information content (AvgIpc) is 2.27. The first-order chi connectivity index (χ1) is 7.35. The van der Waals surface area contributed by atoms with E-state index in [1.54, 1.807) is 0 Å². The summed E-state index contributed by atoms with van der Waals surface area (Å²) in [7, 11) is 0. The van der Waals surface area contributed by atoms with Crippen molar-refractivity contribution in [2.45, 2.75) is 25.0 Å². The molecule has 1 heterocycles. The molecular weight excluding hydrogens is 190 g/mol. The van der Waals surface area contributed by atoms with Gasteiger partial charge in [0.2, 0.25) is 0 Å². The molecule has 0 aromatic heterocycles. The number of aliphatic hydroxyl groups is 2. The fourth-order valence-electron chi connectivity index (χ4n) is 2.16. The third kappa shape index (κ3) is 2.20. The number of likely N-dealkylation sites (tertiary alicyclic amines) is 1. The molecule has 2 N–H and O–H groups in total. The Morgan fingerprint density at radius 3 is 2.20 bits per heavy atom. The van der Waals surface area contributed by atoms with Crippen LogP contribution in [0.5, 0.6) is 0 Å². The molecule has 3 heteroatoms. The van der Waals surface area contributed by atoms with Gasteiger partial charge in [-0.1, -0.05) is 30.3 Å². The number of benzene rings is 1. The molecule has 1 aromatic rings. The second-order valence-corrected chi connectivity index (χ2v) is 4.07. The first-order valence-corrected chi connectivity index (χ1v) is 5.36. The molecule has 0 aliphatic carbocycles. The van der Waals surface area contributed by atoms with Gasteiger partial charge in [-0.05, 0) is 12.0 Å². The lowest BCUT2D eigenvalue weighted by atomic mass is 9.93. The van der Waals surface area contributed by atoms with Crippen LogP contribution in [0.3, 0.4) is 0 Å². The molecule has 0 bridgehead atoms. The van der Waals surface area contributed by atoms with Crippen molar-refractivity contribution in [1.82, 2.24) is 4.90 Å². The summed E-state index contributed by atoms with van der Waals surface area (Å²) in [6, 6.07) is 10.6. The number of aliphatic hydroxyl groups excluding tert-OH is 2.